The van der Waals surface area contributed by atoms with Gasteiger partial charge in [-0.2, -0.15) is 0 Å². The number of fused-ring (bicyclic) bond motifs is 1. The maximum absolute atomic E-state index is 11.9. The molecule has 2 rings (SSSR count). The molecular formula is C12H12ClN3O4S. The van der Waals surface area contributed by atoms with Crippen molar-refractivity contribution in [1.29, 1.82) is 0 Å². The number of anilines is 1. The average Bonchev–Trinajstić information content (AvgIpc) is 2.82. The van der Waals surface area contributed by atoms with E-state index in [4.69, 9.17) is 21.4 Å². The van der Waals surface area contributed by atoms with Crippen LogP contribution in [0.15, 0.2) is 5.38 Å². The van der Waals surface area contributed by atoms with Crippen molar-refractivity contribution in [3.05, 3.63) is 16.2 Å². The molecule has 9 heteroatoms. The molecule has 0 aromatic carbocycles. The molecule has 2 aromatic heterocycles. The topological polar surface area (TPSA) is 101 Å². The third kappa shape index (κ3) is 3.22. The Kier molecular flexibility index (Phi) is 4.59. The minimum atomic E-state index is -1.05. The molecule has 112 valence electrons. The van der Waals surface area contributed by atoms with Gasteiger partial charge < -0.3 is 15.2 Å². The fraction of sp³-hybridized carbons (Fsp3) is 0.333. The molecule has 0 aliphatic carbocycles. The van der Waals surface area contributed by atoms with Crippen molar-refractivity contribution in [3.63, 3.8) is 0 Å². The van der Waals surface area contributed by atoms with Crippen LogP contribution in [-0.4, -0.2) is 39.7 Å². The van der Waals surface area contributed by atoms with E-state index in [9.17, 15) is 9.59 Å². The van der Waals surface area contributed by atoms with E-state index in [0.717, 1.165) is 0 Å². The first-order valence-electron chi connectivity index (χ1n) is 6.05. The zero-order valence-corrected chi connectivity index (χ0v) is 12.8. The van der Waals surface area contributed by atoms with Crippen LogP contribution in [0.4, 0.5) is 5.82 Å². The number of carbonyl (C=O) groups excluding carboxylic acids is 1. The summed E-state index contributed by atoms with van der Waals surface area (Å²) in [5, 5.41) is 13.7. The first-order chi connectivity index (χ1) is 9.93. The fourth-order valence-corrected chi connectivity index (χ4v) is 2.77. The number of thiophene rings is 1. The normalized spacial score (nSPS) is 12.1. The third-order valence-electron chi connectivity index (χ3n) is 2.63. The van der Waals surface area contributed by atoms with Crippen LogP contribution >= 0.6 is 22.9 Å². The summed E-state index contributed by atoms with van der Waals surface area (Å²) in [4.78, 5) is 31.4. The molecule has 21 heavy (non-hydrogen) atoms. The van der Waals surface area contributed by atoms with Gasteiger partial charge in [-0.3, -0.25) is 4.79 Å². The van der Waals surface area contributed by atoms with Crippen molar-refractivity contribution in [2.45, 2.75) is 19.9 Å². The van der Waals surface area contributed by atoms with E-state index in [0.29, 0.717) is 10.2 Å². The Labute approximate surface area is 128 Å². The molecule has 0 spiro atoms. The number of nitrogens with zero attached hydrogens (tertiary/aromatic N) is 2. The minimum Gasteiger partial charge on any atom is -0.480 e. The molecule has 2 heterocycles. The lowest BCUT2D eigenvalue weighted by Crippen LogP contribution is -2.26. The Morgan fingerprint density at radius 2 is 2.24 bits per heavy atom. The van der Waals surface area contributed by atoms with Crippen LogP contribution in [0.25, 0.3) is 10.2 Å². The highest BCUT2D eigenvalue weighted by Crippen LogP contribution is 2.31. The molecule has 0 radical (unpaired) electrons. The van der Waals surface area contributed by atoms with Crippen LogP contribution in [0.3, 0.4) is 0 Å². The van der Waals surface area contributed by atoms with Gasteiger partial charge in [0, 0.05) is 5.38 Å². The van der Waals surface area contributed by atoms with Crippen LogP contribution < -0.4 is 5.32 Å². The van der Waals surface area contributed by atoms with Gasteiger partial charge in [-0.25, -0.2) is 14.8 Å². The second-order valence-corrected chi connectivity index (χ2v) is 5.29. The largest absolute Gasteiger partial charge is 0.480 e. The van der Waals surface area contributed by atoms with Gasteiger partial charge in [-0.1, -0.05) is 0 Å². The van der Waals surface area contributed by atoms with Gasteiger partial charge >= 0.3 is 11.9 Å². The van der Waals surface area contributed by atoms with Gasteiger partial charge in [0.2, 0.25) is 5.28 Å². The van der Waals surface area contributed by atoms with E-state index in [2.05, 4.69) is 15.3 Å². The number of halogens is 1. The van der Waals surface area contributed by atoms with E-state index in [1.54, 1.807) is 12.3 Å². The van der Waals surface area contributed by atoms with E-state index >= 15 is 0 Å². The van der Waals surface area contributed by atoms with Crippen LogP contribution in [0.5, 0.6) is 0 Å². The number of aromatic nitrogens is 2. The van der Waals surface area contributed by atoms with E-state index in [1.165, 1.54) is 18.3 Å². The van der Waals surface area contributed by atoms with Crippen LogP contribution in [0.2, 0.25) is 5.28 Å². The lowest BCUT2D eigenvalue weighted by molar-refractivity contribution is -0.137. The summed E-state index contributed by atoms with van der Waals surface area (Å²) < 4.78 is 4.97. The highest BCUT2D eigenvalue weighted by atomic mass is 35.5. The van der Waals surface area contributed by atoms with Gasteiger partial charge in [0.05, 0.1) is 17.6 Å². The first-order valence-corrected chi connectivity index (χ1v) is 7.31. The van der Waals surface area contributed by atoms with Gasteiger partial charge in [0.25, 0.3) is 0 Å². The summed E-state index contributed by atoms with van der Waals surface area (Å²) in [7, 11) is 0. The number of ether oxygens (including phenoxy) is 1. The summed E-state index contributed by atoms with van der Waals surface area (Å²) >= 11 is 7.03. The van der Waals surface area contributed by atoms with Crippen LogP contribution in [-0.2, 0) is 9.53 Å². The maximum Gasteiger partial charge on any atom is 0.339 e. The smallest absolute Gasteiger partial charge is 0.339 e. The quantitative estimate of drug-likeness (QED) is 0.641. The molecule has 1 atom stereocenters. The summed E-state index contributed by atoms with van der Waals surface area (Å²) in [6, 6.07) is -0.894. The number of hydrogen-bond acceptors (Lipinski definition) is 7. The SMILES string of the molecule is CCOC(=O)c1csc2nc(Cl)nc(NC(C)C(=O)O)c12. The van der Waals surface area contributed by atoms with Crippen molar-refractivity contribution >= 4 is 50.9 Å². The summed E-state index contributed by atoms with van der Waals surface area (Å²) in [5.74, 6) is -1.37. The van der Waals surface area contributed by atoms with E-state index in [1.807, 2.05) is 0 Å². The minimum absolute atomic E-state index is 0.0279. The zero-order valence-electron chi connectivity index (χ0n) is 11.2. The predicted octanol–water partition coefficient (Wildman–Crippen LogP) is 2.41. The van der Waals surface area contributed by atoms with E-state index < -0.39 is 18.0 Å². The molecule has 0 amide bonds. The van der Waals surface area contributed by atoms with Crippen LogP contribution in [0, 0.1) is 0 Å². The number of esters is 1. The lowest BCUT2D eigenvalue weighted by atomic mass is 10.2. The van der Waals surface area contributed by atoms with Crippen molar-refractivity contribution in [2.75, 3.05) is 11.9 Å². The summed E-state index contributed by atoms with van der Waals surface area (Å²) in [6.07, 6.45) is 0. The number of carboxylic acid groups (broad SMARTS) is 1. The van der Waals surface area contributed by atoms with Crippen molar-refractivity contribution in [2.24, 2.45) is 0 Å². The molecule has 0 saturated heterocycles. The Morgan fingerprint density at radius 1 is 1.52 bits per heavy atom. The highest BCUT2D eigenvalue weighted by Gasteiger charge is 2.21. The van der Waals surface area contributed by atoms with Gasteiger partial charge in [0.15, 0.2) is 0 Å². The molecule has 0 fully saturated rings. The number of carboxylic acids is 1. The maximum atomic E-state index is 11.9. The molecule has 7 nitrogen and oxygen atoms in total. The summed E-state index contributed by atoms with van der Waals surface area (Å²) in [5.41, 5.74) is 0.286. The summed E-state index contributed by atoms with van der Waals surface area (Å²) in [6.45, 7) is 3.39. The number of aliphatic carboxylic acids is 1. The van der Waals surface area contributed by atoms with Crippen LogP contribution in [0.1, 0.15) is 24.2 Å². The first kappa shape index (κ1) is 15.5. The van der Waals surface area contributed by atoms with Gasteiger partial charge in [-0.05, 0) is 25.4 Å². The van der Waals surface area contributed by atoms with Crippen molar-refractivity contribution < 1.29 is 19.4 Å². The second kappa shape index (κ2) is 6.23. The number of nitrogens with one attached hydrogen (secondary N) is 1. The van der Waals surface area contributed by atoms with Crippen molar-refractivity contribution in [3.8, 4) is 0 Å². The van der Waals surface area contributed by atoms with Crippen molar-refractivity contribution in [1.82, 2.24) is 9.97 Å². The van der Waals surface area contributed by atoms with E-state index in [-0.39, 0.29) is 23.3 Å². The molecular weight excluding hydrogens is 318 g/mol. The fourth-order valence-electron chi connectivity index (χ4n) is 1.65. The third-order valence-corrected chi connectivity index (χ3v) is 3.67. The standard InChI is InChI=1S/C12H12ClN3O4S/c1-3-20-11(19)6-4-21-9-7(6)8(15-12(13)16-9)14-5(2)10(17)18/h4-5H,3H2,1-2H3,(H,17,18)(H,14,15,16). The lowest BCUT2D eigenvalue weighted by Gasteiger charge is -2.11. The Hall–Kier alpha value is -1.93. The molecule has 0 saturated carbocycles. The zero-order chi connectivity index (χ0) is 15.6. The monoisotopic (exact) mass is 329 g/mol. The molecule has 0 bridgehead atoms. The number of carbonyl (C=O) groups is 2. The average molecular weight is 330 g/mol. The Balaban J connectivity index is 2.54. The Bertz CT molecular complexity index is 703. The predicted molar refractivity (Wildman–Crippen MR) is 79.1 cm³/mol. The highest BCUT2D eigenvalue weighted by molar-refractivity contribution is 7.17. The second-order valence-electron chi connectivity index (χ2n) is 4.10. The molecule has 2 N–H and O–H groups in total. The molecule has 1 unspecified atom stereocenters. The molecule has 2 aromatic rings. The number of rotatable bonds is 5. The molecule has 0 aliphatic rings. The Morgan fingerprint density at radius 3 is 2.86 bits per heavy atom. The van der Waals surface area contributed by atoms with Gasteiger partial charge in [-0.15, -0.1) is 11.3 Å². The molecule has 0 aliphatic heterocycles. The van der Waals surface area contributed by atoms with Gasteiger partial charge in [0.1, 0.15) is 16.7 Å². The number of hydrogen-bond donors (Lipinski definition) is 2.